The average Bonchev–Trinajstić information content (AvgIpc) is 2.29. The van der Waals surface area contributed by atoms with Gasteiger partial charge in [-0.25, -0.2) is 8.42 Å². The Hall–Kier alpha value is -1.14. The van der Waals surface area contributed by atoms with E-state index in [1.165, 1.54) is 0 Å². The molecule has 0 aromatic heterocycles. The number of sulfone groups is 1. The fourth-order valence-electron chi connectivity index (χ4n) is 1.28. The van der Waals surface area contributed by atoms with Crippen molar-refractivity contribution in [2.24, 2.45) is 5.73 Å². The quantitative estimate of drug-likeness (QED) is 0.769. The number of aryl methyl sites for hydroxylation is 1. The van der Waals surface area contributed by atoms with Crippen molar-refractivity contribution in [3.8, 4) is 5.75 Å². The van der Waals surface area contributed by atoms with Gasteiger partial charge in [0.1, 0.15) is 12.4 Å². The maximum Gasteiger partial charge on any atom is 0.154 e. The summed E-state index contributed by atoms with van der Waals surface area (Å²) in [6.45, 7) is 2.12. The van der Waals surface area contributed by atoms with Crippen molar-refractivity contribution >= 4 is 27.0 Å². The van der Waals surface area contributed by atoms with Crippen molar-refractivity contribution < 1.29 is 13.2 Å². The van der Waals surface area contributed by atoms with Gasteiger partial charge in [-0.1, -0.05) is 29.9 Å². The number of benzene rings is 1. The summed E-state index contributed by atoms with van der Waals surface area (Å²) in [5.41, 5.74) is 6.40. The van der Waals surface area contributed by atoms with E-state index >= 15 is 0 Å². The summed E-state index contributed by atoms with van der Waals surface area (Å²) in [7, 11) is -3.15. The van der Waals surface area contributed by atoms with Gasteiger partial charge in [0.2, 0.25) is 0 Å². The van der Waals surface area contributed by atoms with Gasteiger partial charge in [0.15, 0.2) is 9.84 Å². The van der Waals surface area contributed by atoms with E-state index in [2.05, 4.69) is 12.2 Å². The third-order valence-corrected chi connectivity index (χ3v) is 4.16. The smallest absolute Gasteiger partial charge is 0.154 e. The lowest BCUT2D eigenvalue weighted by Gasteiger charge is -2.07. The number of ether oxygens (including phenoxy) is 1. The van der Waals surface area contributed by atoms with Gasteiger partial charge in [0, 0.05) is 6.42 Å². The second-order valence-corrected chi connectivity index (χ2v) is 6.86. The Morgan fingerprint density at radius 2 is 1.89 bits per heavy atom. The van der Waals surface area contributed by atoms with Gasteiger partial charge in [-0.2, -0.15) is 0 Å². The average molecular weight is 287 g/mol. The predicted molar refractivity (Wildman–Crippen MR) is 76.7 cm³/mol. The zero-order chi connectivity index (χ0) is 13.6. The monoisotopic (exact) mass is 287 g/mol. The van der Waals surface area contributed by atoms with Gasteiger partial charge in [-0.3, -0.25) is 0 Å². The van der Waals surface area contributed by atoms with E-state index < -0.39 is 9.84 Å². The van der Waals surface area contributed by atoms with Crippen molar-refractivity contribution in [3.05, 3.63) is 29.8 Å². The van der Waals surface area contributed by atoms with Crippen LogP contribution >= 0.6 is 12.2 Å². The molecule has 0 aliphatic carbocycles. The van der Waals surface area contributed by atoms with Crippen LogP contribution in [0, 0.1) is 6.92 Å². The lowest BCUT2D eigenvalue weighted by molar-refractivity contribution is 0.341. The van der Waals surface area contributed by atoms with Crippen molar-refractivity contribution in [1.82, 2.24) is 0 Å². The lowest BCUT2D eigenvalue weighted by atomic mass is 10.2. The second kappa shape index (κ2) is 6.70. The number of thiocarbonyl (C=S) groups is 1. The molecule has 0 spiro atoms. The molecule has 0 radical (unpaired) electrons. The highest BCUT2D eigenvalue weighted by Gasteiger charge is 2.11. The number of nitrogens with two attached hydrogens (primary N) is 1. The first-order chi connectivity index (χ1) is 8.39. The van der Waals surface area contributed by atoms with Gasteiger partial charge in [-0.15, -0.1) is 0 Å². The molecule has 0 aliphatic rings. The number of hydrogen-bond acceptors (Lipinski definition) is 4. The van der Waals surface area contributed by atoms with E-state index in [9.17, 15) is 8.42 Å². The molecule has 1 aromatic carbocycles. The van der Waals surface area contributed by atoms with E-state index in [-0.39, 0.29) is 29.5 Å². The van der Waals surface area contributed by atoms with Crippen LogP contribution in [-0.4, -0.2) is 31.5 Å². The molecule has 0 unspecified atom stereocenters. The van der Waals surface area contributed by atoms with Gasteiger partial charge in [-0.05, 0) is 19.1 Å². The standard InChI is InChI=1S/C12H17NO3S2/c1-10-2-4-11(5-3-10)16-7-9-18(14,15)8-6-12(13)17/h2-5H,6-9H2,1H3,(H2,13,17). The molecule has 6 heteroatoms. The molecule has 18 heavy (non-hydrogen) atoms. The first-order valence-corrected chi connectivity index (χ1v) is 7.80. The van der Waals surface area contributed by atoms with Crippen molar-refractivity contribution in [2.75, 3.05) is 18.1 Å². The zero-order valence-corrected chi connectivity index (χ0v) is 11.9. The Balaban J connectivity index is 2.37. The molecule has 0 atom stereocenters. The Morgan fingerprint density at radius 1 is 1.28 bits per heavy atom. The van der Waals surface area contributed by atoms with Gasteiger partial charge in [0.25, 0.3) is 0 Å². The molecular weight excluding hydrogens is 270 g/mol. The maximum atomic E-state index is 11.6. The largest absolute Gasteiger partial charge is 0.493 e. The van der Waals surface area contributed by atoms with Crippen LogP contribution in [-0.2, 0) is 9.84 Å². The lowest BCUT2D eigenvalue weighted by Crippen LogP contribution is -2.20. The molecule has 1 rings (SSSR count). The van der Waals surface area contributed by atoms with Crippen LogP contribution in [0.25, 0.3) is 0 Å². The summed E-state index contributed by atoms with van der Waals surface area (Å²) in [5.74, 6) is 0.633. The highest BCUT2D eigenvalue weighted by Crippen LogP contribution is 2.11. The molecule has 0 amide bonds. The summed E-state index contributed by atoms with van der Waals surface area (Å²) in [5, 5.41) is 0. The van der Waals surface area contributed by atoms with Crippen LogP contribution in [0.3, 0.4) is 0 Å². The molecule has 1 aromatic rings. The zero-order valence-electron chi connectivity index (χ0n) is 10.3. The van der Waals surface area contributed by atoms with Gasteiger partial charge >= 0.3 is 0 Å². The van der Waals surface area contributed by atoms with Crippen LogP contribution in [0.2, 0.25) is 0 Å². The van der Waals surface area contributed by atoms with E-state index in [1.807, 2.05) is 31.2 Å². The van der Waals surface area contributed by atoms with Crippen LogP contribution in [0.4, 0.5) is 0 Å². The first-order valence-electron chi connectivity index (χ1n) is 5.57. The van der Waals surface area contributed by atoms with E-state index in [0.717, 1.165) is 5.56 Å². The Morgan fingerprint density at radius 3 is 2.44 bits per heavy atom. The maximum absolute atomic E-state index is 11.6. The van der Waals surface area contributed by atoms with Crippen molar-refractivity contribution in [1.29, 1.82) is 0 Å². The predicted octanol–water partition coefficient (Wildman–Crippen LogP) is 1.46. The Bertz CT molecular complexity index is 495. The van der Waals surface area contributed by atoms with E-state index in [4.69, 9.17) is 10.5 Å². The molecule has 0 fully saturated rings. The molecule has 0 saturated heterocycles. The minimum Gasteiger partial charge on any atom is -0.493 e. The molecule has 0 aliphatic heterocycles. The summed E-state index contributed by atoms with van der Waals surface area (Å²) in [6.07, 6.45) is 0.224. The normalized spacial score (nSPS) is 11.2. The van der Waals surface area contributed by atoms with E-state index in [0.29, 0.717) is 5.75 Å². The van der Waals surface area contributed by atoms with Crippen molar-refractivity contribution in [3.63, 3.8) is 0 Å². The first kappa shape index (κ1) is 14.9. The topological polar surface area (TPSA) is 69.4 Å². The van der Waals surface area contributed by atoms with Crippen LogP contribution < -0.4 is 10.5 Å². The fourth-order valence-corrected chi connectivity index (χ4v) is 2.58. The Labute approximate surface area is 113 Å². The summed E-state index contributed by atoms with van der Waals surface area (Å²) in [4.78, 5) is 0.220. The SMILES string of the molecule is Cc1ccc(OCCS(=O)(=O)CCC(N)=S)cc1. The molecule has 100 valence electrons. The highest BCUT2D eigenvalue weighted by atomic mass is 32.2. The minimum absolute atomic E-state index is 0.0143. The molecule has 2 N–H and O–H groups in total. The summed E-state index contributed by atoms with van der Waals surface area (Å²) < 4.78 is 28.5. The highest BCUT2D eigenvalue weighted by molar-refractivity contribution is 7.91. The van der Waals surface area contributed by atoms with Crippen LogP contribution in [0.1, 0.15) is 12.0 Å². The minimum atomic E-state index is -3.15. The third-order valence-electron chi connectivity index (χ3n) is 2.34. The van der Waals surface area contributed by atoms with Crippen LogP contribution in [0.15, 0.2) is 24.3 Å². The fraction of sp³-hybridized carbons (Fsp3) is 0.417. The summed E-state index contributed by atoms with van der Waals surface area (Å²) in [6, 6.07) is 7.46. The van der Waals surface area contributed by atoms with Gasteiger partial charge < -0.3 is 10.5 Å². The van der Waals surface area contributed by atoms with E-state index in [1.54, 1.807) is 0 Å². The molecule has 0 heterocycles. The van der Waals surface area contributed by atoms with Crippen LogP contribution in [0.5, 0.6) is 5.75 Å². The second-order valence-electron chi connectivity index (χ2n) is 4.03. The Kier molecular flexibility index (Phi) is 5.55. The number of rotatable bonds is 7. The van der Waals surface area contributed by atoms with Crippen molar-refractivity contribution in [2.45, 2.75) is 13.3 Å². The van der Waals surface area contributed by atoms with Gasteiger partial charge in [0.05, 0.1) is 16.5 Å². The molecular formula is C12H17NO3S2. The molecule has 4 nitrogen and oxygen atoms in total. The molecule has 0 bridgehead atoms. The molecule has 0 saturated carbocycles. The number of hydrogen-bond donors (Lipinski definition) is 1. The third kappa shape index (κ3) is 5.97. The summed E-state index contributed by atoms with van der Waals surface area (Å²) >= 11 is 4.65.